The van der Waals surface area contributed by atoms with E-state index in [1.165, 1.54) is 141 Å². The molecule has 0 rings (SSSR count). The Labute approximate surface area is 205 Å². The van der Waals surface area contributed by atoms with Crippen LogP contribution < -0.4 is 0 Å². The molecule has 0 aliphatic carbocycles. The molecule has 0 saturated carbocycles. The lowest BCUT2D eigenvalue weighted by molar-refractivity contribution is 0.00152. The fourth-order valence-corrected chi connectivity index (χ4v) is 5.60. The van der Waals surface area contributed by atoms with Gasteiger partial charge in [-0.15, -0.1) is 0 Å². The van der Waals surface area contributed by atoms with E-state index in [1.807, 2.05) is 0 Å². The summed E-state index contributed by atoms with van der Waals surface area (Å²) in [5.74, 6) is 0. The van der Waals surface area contributed by atoms with Crippen LogP contribution in [-0.4, -0.2) is 22.5 Å². The van der Waals surface area contributed by atoms with Crippen molar-refractivity contribution >= 4 is 0 Å². The Morgan fingerprint density at radius 1 is 0.375 bits per heavy atom. The van der Waals surface area contributed by atoms with E-state index in [2.05, 4.69) is 53.4 Å². The summed E-state index contributed by atoms with van der Waals surface area (Å²) in [6, 6.07) is 0. The Balaban J connectivity index is 4.64. The summed E-state index contributed by atoms with van der Waals surface area (Å²) < 4.78 is 0. The number of hydrogen-bond acceptors (Lipinski definition) is 1. The van der Waals surface area contributed by atoms with Gasteiger partial charge in [-0.3, -0.25) is 4.90 Å². The smallest absolute Gasteiger partial charge is 0.0158 e. The summed E-state index contributed by atoms with van der Waals surface area (Å²) in [6.07, 6.45) is 29.5. The lowest BCUT2D eigenvalue weighted by atomic mass is 9.85. The first-order chi connectivity index (χ1) is 15.3. The van der Waals surface area contributed by atoms with Gasteiger partial charge in [-0.25, -0.2) is 0 Å². The molecule has 0 aliphatic heterocycles. The van der Waals surface area contributed by atoms with Gasteiger partial charge >= 0.3 is 0 Å². The molecule has 0 bridgehead atoms. The third-order valence-electron chi connectivity index (χ3n) is 7.73. The third-order valence-corrected chi connectivity index (χ3v) is 7.73. The molecule has 0 N–H and O–H groups in total. The zero-order chi connectivity index (χ0) is 24.1. The van der Waals surface area contributed by atoms with Crippen LogP contribution in [-0.2, 0) is 0 Å². The van der Waals surface area contributed by atoms with E-state index < -0.39 is 0 Å². The highest BCUT2D eigenvalue weighted by atomic mass is 15.2. The summed E-state index contributed by atoms with van der Waals surface area (Å²) in [6.45, 7) is 18.4. The van der Waals surface area contributed by atoms with Crippen molar-refractivity contribution in [2.75, 3.05) is 6.54 Å². The Morgan fingerprint density at radius 3 is 1.00 bits per heavy atom. The van der Waals surface area contributed by atoms with Crippen LogP contribution in [0.4, 0.5) is 0 Å². The molecule has 0 radical (unpaired) electrons. The summed E-state index contributed by atoms with van der Waals surface area (Å²) in [5, 5.41) is 0. The lowest BCUT2D eigenvalue weighted by Crippen LogP contribution is -2.55. The Bertz CT molecular complexity index is 354. The van der Waals surface area contributed by atoms with Crippen LogP contribution in [0.5, 0.6) is 0 Å². The van der Waals surface area contributed by atoms with Crippen LogP contribution in [0.25, 0.3) is 0 Å². The van der Waals surface area contributed by atoms with E-state index in [4.69, 9.17) is 0 Å². The minimum Gasteiger partial charge on any atom is -0.293 e. The molecule has 194 valence electrons. The highest BCUT2D eigenvalue weighted by Gasteiger charge is 2.36. The summed E-state index contributed by atoms with van der Waals surface area (Å²) in [7, 11) is 0. The largest absolute Gasteiger partial charge is 0.293 e. The highest BCUT2D eigenvalue weighted by molar-refractivity contribution is 4.92. The summed E-state index contributed by atoms with van der Waals surface area (Å²) in [5.41, 5.74) is 0.637. The SMILES string of the molecule is CCCCCCCCCC(C)(C)N(CCCCCCC)C(C)(C)CCCCCCCCC. The lowest BCUT2D eigenvalue weighted by Gasteiger charge is -2.49. The Hall–Kier alpha value is -0.0400. The molecular weight excluding hydrogens is 386 g/mol. The second kappa shape index (κ2) is 20.3. The molecule has 1 heteroatoms. The molecule has 0 unspecified atom stereocenters. The van der Waals surface area contributed by atoms with Gasteiger partial charge in [-0.05, 0) is 53.5 Å². The van der Waals surface area contributed by atoms with Gasteiger partial charge in [0.2, 0.25) is 0 Å². The van der Waals surface area contributed by atoms with E-state index in [1.54, 1.807) is 0 Å². The first kappa shape index (κ1) is 32.0. The molecule has 0 aromatic rings. The second-order valence-electron chi connectivity index (χ2n) is 11.9. The molecule has 0 aliphatic rings. The van der Waals surface area contributed by atoms with Crippen LogP contribution in [0.15, 0.2) is 0 Å². The molecule has 0 aromatic heterocycles. The summed E-state index contributed by atoms with van der Waals surface area (Å²) >= 11 is 0. The van der Waals surface area contributed by atoms with E-state index in [0.29, 0.717) is 11.1 Å². The van der Waals surface area contributed by atoms with Gasteiger partial charge in [0.15, 0.2) is 0 Å². The van der Waals surface area contributed by atoms with Crippen molar-refractivity contribution in [2.45, 2.75) is 194 Å². The number of nitrogens with zero attached hydrogens (tertiary/aromatic N) is 1. The molecule has 1 nitrogen and oxygen atoms in total. The first-order valence-corrected chi connectivity index (χ1v) is 15.1. The average Bonchev–Trinajstić information content (AvgIpc) is 2.74. The molecule has 0 spiro atoms. The topological polar surface area (TPSA) is 3.24 Å². The zero-order valence-corrected chi connectivity index (χ0v) is 24.0. The number of rotatable bonds is 24. The minimum absolute atomic E-state index is 0.318. The molecule has 0 atom stereocenters. The van der Waals surface area contributed by atoms with Gasteiger partial charge < -0.3 is 0 Å². The fraction of sp³-hybridized carbons (Fsp3) is 1.00. The van der Waals surface area contributed by atoms with Crippen LogP contribution in [0.3, 0.4) is 0 Å². The standard InChI is InChI=1S/C31H65N/c1-8-11-14-17-19-21-24-27-30(4,5)32(29-26-23-16-13-10-3)31(6,7)28-25-22-20-18-15-12-9-2/h8-29H2,1-7H3. The Morgan fingerprint density at radius 2 is 0.656 bits per heavy atom. The maximum absolute atomic E-state index is 2.93. The van der Waals surface area contributed by atoms with Crippen molar-refractivity contribution in [2.24, 2.45) is 0 Å². The van der Waals surface area contributed by atoms with Gasteiger partial charge in [-0.1, -0.05) is 136 Å². The highest BCUT2D eigenvalue weighted by Crippen LogP contribution is 2.34. The second-order valence-corrected chi connectivity index (χ2v) is 11.9. The maximum Gasteiger partial charge on any atom is 0.0158 e. The predicted molar refractivity (Wildman–Crippen MR) is 149 cm³/mol. The Kier molecular flexibility index (Phi) is 20.3. The van der Waals surface area contributed by atoms with Crippen molar-refractivity contribution in [3.05, 3.63) is 0 Å². The van der Waals surface area contributed by atoms with Gasteiger partial charge in [0.05, 0.1) is 0 Å². The molecule has 0 saturated heterocycles. The van der Waals surface area contributed by atoms with Gasteiger partial charge in [0.1, 0.15) is 0 Å². The molecule has 32 heavy (non-hydrogen) atoms. The molecular formula is C31H65N. The first-order valence-electron chi connectivity index (χ1n) is 15.1. The molecule has 0 fully saturated rings. The van der Waals surface area contributed by atoms with Crippen molar-refractivity contribution in [1.29, 1.82) is 0 Å². The fourth-order valence-electron chi connectivity index (χ4n) is 5.60. The minimum atomic E-state index is 0.318. The number of hydrogen-bond donors (Lipinski definition) is 0. The van der Waals surface area contributed by atoms with Gasteiger partial charge in [0.25, 0.3) is 0 Å². The normalized spacial score (nSPS) is 12.8. The van der Waals surface area contributed by atoms with E-state index in [0.717, 1.165) is 0 Å². The van der Waals surface area contributed by atoms with Crippen molar-refractivity contribution in [3.8, 4) is 0 Å². The van der Waals surface area contributed by atoms with Crippen molar-refractivity contribution < 1.29 is 0 Å². The van der Waals surface area contributed by atoms with Crippen LogP contribution in [0, 0.1) is 0 Å². The van der Waals surface area contributed by atoms with Gasteiger partial charge in [-0.2, -0.15) is 0 Å². The third kappa shape index (κ3) is 16.6. The monoisotopic (exact) mass is 452 g/mol. The zero-order valence-electron chi connectivity index (χ0n) is 24.0. The van der Waals surface area contributed by atoms with E-state index in [9.17, 15) is 0 Å². The van der Waals surface area contributed by atoms with Crippen molar-refractivity contribution in [1.82, 2.24) is 4.90 Å². The molecule has 0 aromatic carbocycles. The predicted octanol–water partition coefficient (Wildman–Crippen LogP) is 11.1. The molecule has 0 heterocycles. The molecule has 0 amide bonds. The van der Waals surface area contributed by atoms with E-state index in [-0.39, 0.29) is 0 Å². The van der Waals surface area contributed by atoms with Crippen molar-refractivity contribution in [3.63, 3.8) is 0 Å². The van der Waals surface area contributed by atoms with Crippen LogP contribution >= 0.6 is 0 Å². The van der Waals surface area contributed by atoms with Gasteiger partial charge in [0, 0.05) is 11.1 Å². The number of unbranched alkanes of at least 4 members (excludes halogenated alkanes) is 16. The van der Waals surface area contributed by atoms with E-state index >= 15 is 0 Å². The quantitative estimate of drug-likeness (QED) is 0.132. The average molecular weight is 452 g/mol. The van der Waals surface area contributed by atoms with Crippen LogP contribution in [0.1, 0.15) is 183 Å². The van der Waals surface area contributed by atoms with Crippen LogP contribution in [0.2, 0.25) is 0 Å². The summed E-state index contributed by atoms with van der Waals surface area (Å²) in [4.78, 5) is 2.93. The maximum atomic E-state index is 2.93.